The third-order valence-electron chi connectivity index (χ3n) is 4.15. The quantitative estimate of drug-likeness (QED) is 0.497. The molecule has 2 aromatic rings. The smallest absolute Gasteiger partial charge is 0.240 e. The number of amides is 2. The SMILES string of the molecule is CCOc1ccc(NC(=O)CC2S/C(=N/N=C(/C)c3ccc(Cl)cc3)NC2=O)cc1. The Morgan fingerprint density at radius 1 is 1.20 bits per heavy atom. The largest absolute Gasteiger partial charge is 0.494 e. The van der Waals surface area contributed by atoms with E-state index in [0.29, 0.717) is 28.2 Å². The van der Waals surface area contributed by atoms with Gasteiger partial charge in [-0.2, -0.15) is 5.10 Å². The zero-order valence-electron chi connectivity index (χ0n) is 16.5. The molecule has 30 heavy (non-hydrogen) atoms. The molecule has 0 saturated carbocycles. The number of carbonyl (C=O) groups is 2. The summed E-state index contributed by atoms with van der Waals surface area (Å²) in [5, 5.41) is 14.2. The highest BCUT2D eigenvalue weighted by Crippen LogP contribution is 2.24. The molecule has 1 aliphatic heterocycles. The predicted molar refractivity (Wildman–Crippen MR) is 121 cm³/mol. The van der Waals surface area contributed by atoms with Crippen molar-refractivity contribution in [2.75, 3.05) is 11.9 Å². The van der Waals surface area contributed by atoms with Gasteiger partial charge >= 0.3 is 0 Å². The maximum Gasteiger partial charge on any atom is 0.240 e. The minimum Gasteiger partial charge on any atom is -0.494 e. The van der Waals surface area contributed by atoms with Crippen molar-refractivity contribution in [3.63, 3.8) is 0 Å². The summed E-state index contributed by atoms with van der Waals surface area (Å²) in [6, 6.07) is 14.3. The Morgan fingerprint density at radius 2 is 1.90 bits per heavy atom. The van der Waals surface area contributed by atoms with Crippen LogP contribution >= 0.6 is 23.4 Å². The van der Waals surface area contributed by atoms with Crippen molar-refractivity contribution in [3.05, 3.63) is 59.1 Å². The lowest BCUT2D eigenvalue weighted by molar-refractivity contribution is -0.122. The molecule has 1 heterocycles. The van der Waals surface area contributed by atoms with Gasteiger partial charge in [0.25, 0.3) is 0 Å². The van der Waals surface area contributed by atoms with E-state index in [1.54, 1.807) is 36.4 Å². The number of anilines is 1. The first-order chi connectivity index (χ1) is 14.4. The number of thioether (sulfide) groups is 1. The predicted octanol–water partition coefficient (Wildman–Crippen LogP) is 4.08. The van der Waals surface area contributed by atoms with Gasteiger partial charge in [-0.3, -0.25) is 9.59 Å². The Labute approximate surface area is 183 Å². The number of rotatable bonds is 7. The maximum absolute atomic E-state index is 12.3. The summed E-state index contributed by atoms with van der Waals surface area (Å²) in [5.74, 6) is 0.213. The number of hydrogen-bond acceptors (Lipinski definition) is 6. The van der Waals surface area contributed by atoms with Crippen LogP contribution in [0.2, 0.25) is 5.02 Å². The van der Waals surface area contributed by atoms with Gasteiger partial charge in [-0.15, -0.1) is 5.10 Å². The Morgan fingerprint density at radius 3 is 2.57 bits per heavy atom. The molecule has 0 radical (unpaired) electrons. The molecule has 2 aromatic carbocycles. The number of nitrogens with zero attached hydrogens (tertiary/aromatic N) is 2. The summed E-state index contributed by atoms with van der Waals surface area (Å²) < 4.78 is 5.37. The molecule has 2 amide bonds. The van der Waals surface area contributed by atoms with E-state index in [-0.39, 0.29) is 18.2 Å². The Hall–Kier alpha value is -2.84. The highest BCUT2D eigenvalue weighted by molar-refractivity contribution is 8.15. The van der Waals surface area contributed by atoms with Crippen LogP contribution in [0.3, 0.4) is 0 Å². The minimum absolute atomic E-state index is 0.0304. The molecule has 0 aliphatic carbocycles. The van der Waals surface area contributed by atoms with Gasteiger partial charge in [-0.05, 0) is 55.8 Å². The van der Waals surface area contributed by atoms with Crippen molar-refractivity contribution in [2.24, 2.45) is 10.2 Å². The van der Waals surface area contributed by atoms with Crippen molar-refractivity contribution in [3.8, 4) is 5.75 Å². The third-order valence-corrected chi connectivity index (χ3v) is 5.47. The average molecular weight is 445 g/mol. The number of nitrogens with one attached hydrogen (secondary N) is 2. The average Bonchev–Trinajstić information content (AvgIpc) is 3.07. The van der Waals surface area contributed by atoms with Gasteiger partial charge in [0.15, 0.2) is 5.17 Å². The van der Waals surface area contributed by atoms with Crippen LogP contribution in [0, 0.1) is 0 Å². The van der Waals surface area contributed by atoms with Crippen molar-refractivity contribution >= 4 is 51.7 Å². The number of ether oxygens (including phenoxy) is 1. The minimum atomic E-state index is -0.558. The van der Waals surface area contributed by atoms with E-state index >= 15 is 0 Å². The molecule has 9 heteroatoms. The first-order valence-electron chi connectivity index (χ1n) is 9.33. The van der Waals surface area contributed by atoms with Crippen LogP contribution in [0.1, 0.15) is 25.8 Å². The normalized spacial score (nSPS) is 17.7. The molecule has 2 N–H and O–H groups in total. The first-order valence-corrected chi connectivity index (χ1v) is 10.6. The van der Waals surface area contributed by atoms with Crippen LogP contribution in [0.4, 0.5) is 5.69 Å². The van der Waals surface area contributed by atoms with Gasteiger partial charge in [0.2, 0.25) is 11.8 Å². The summed E-state index contributed by atoms with van der Waals surface area (Å²) in [4.78, 5) is 24.5. The summed E-state index contributed by atoms with van der Waals surface area (Å²) >= 11 is 7.07. The molecule has 1 fully saturated rings. The van der Waals surface area contributed by atoms with Gasteiger partial charge in [0.1, 0.15) is 11.0 Å². The Balaban J connectivity index is 1.55. The molecule has 0 spiro atoms. The first kappa shape index (κ1) is 21.9. The molecule has 0 aromatic heterocycles. The van der Waals surface area contributed by atoms with Gasteiger partial charge < -0.3 is 15.4 Å². The van der Waals surface area contributed by atoms with Crippen molar-refractivity contribution in [1.29, 1.82) is 0 Å². The lowest BCUT2D eigenvalue weighted by Gasteiger charge is -2.08. The van der Waals surface area contributed by atoms with Crippen LogP contribution < -0.4 is 15.4 Å². The molecule has 1 unspecified atom stereocenters. The van der Waals surface area contributed by atoms with E-state index in [9.17, 15) is 9.59 Å². The van der Waals surface area contributed by atoms with E-state index < -0.39 is 5.25 Å². The summed E-state index contributed by atoms with van der Waals surface area (Å²) in [6.07, 6.45) is 0.0304. The second-order valence-corrected chi connectivity index (χ2v) is 8.03. The summed E-state index contributed by atoms with van der Waals surface area (Å²) in [7, 11) is 0. The molecule has 7 nitrogen and oxygen atoms in total. The van der Waals surface area contributed by atoms with Gasteiger partial charge in [-0.1, -0.05) is 35.5 Å². The van der Waals surface area contributed by atoms with Gasteiger partial charge in [0, 0.05) is 17.1 Å². The molecule has 0 bridgehead atoms. The second kappa shape index (κ2) is 10.3. The van der Waals surface area contributed by atoms with Gasteiger partial charge in [-0.25, -0.2) is 0 Å². The molecule has 1 aliphatic rings. The molecule has 1 atom stereocenters. The molecular weight excluding hydrogens is 424 g/mol. The summed E-state index contributed by atoms with van der Waals surface area (Å²) in [5.41, 5.74) is 2.21. The fourth-order valence-corrected chi connectivity index (χ4v) is 3.68. The molecule has 3 rings (SSSR count). The topological polar surface area (TPSA) is 92.2 Å². The highest BCUT2D eigenvalue weighted by atomic mass is 35.5. The van der Waals surface area contributed by atoms with E-state index in [1.165, 1.54) is 11.8 Å². The summed E-state index contributed by atoms with van der Waals surface area (Å²) in [6.45, 7) is 4.30. The Kier molecular flexibility index (Phi) is 7.48. The number of amidine groups is 1. The van der Waals surface area contributed by atoms with Crippen molar-refractivity contribution in [2.45, 2.75) is 25.5 Å². The number of hydrogen-bond donors (Lipinski definition) is 2. The van der Waals surface area contributed by atoms with E-state index in [0.717, 1.165) is 11.3 Å². The second-order valence-electron chi connectivity index (χ2n) is 6.40. The van der Waals surface area contributed by atoms with Crippen LogP contribution in [-0.2, 0) is 9.59 Å². The number of halogens is 1. The van der Waals surface area contributed by atoms with Crippen LogP contribution in [0.25, 0.3) is 0 Å². The zero-order chi connectivity index (χ0) is 21.5. The van der Waals surface area contributed by atoms with Crippen molar-refractivity contribution < 1.29 is 14.3 Å². The molecule has 156 valence electrons. The van der Waals surface area contributed by atoms with E-state index in [1.807, 2.05) is 26.0 Å². The van der Waals surface area contributed by atoms with Gasteiger partial charge in [0.05, 0.1) is 12.3 Å². The fourth-order valence-electron chi connectivity index (χ4n) is 2.64. The van der Waals surface area contributed by atoms with E-state index in [4.69, 9.17) is 16.3 Å². The van der Waals surface area contributed by atoms with Crippen LogP contribution in [0.15, 0.2) is 58.7 Å². The lowest BCUT2D eigenvalue weighted by atomic mass is 10.1. The fraction of sp³-hybridized carbons (Fsp3) is 0.238. The van der Waals surface area contributed by atoms with Crippen molar-refractivity contribution in [1.82, 2.24) is 5.32 Å². The molecule has 1 saturated heterocycles. The van der Waals surface area contributed by atoms with Crippen LogP contribution in [0.5, 0.6) is 5.75 Å². The standard InChI is InChI=1S/C21H21ClN4O3S/c1-3-29-17-10-8-16(9-11-17)23-19(27)12-18-20(28)24-21(30-18)26-25-13(2)14-4-6-15(22)7-5-14/h4-11,18H,3,12H2,1-2H3,(H,23,27)(H,24,26,28)/b25-13-. The monoisotopic (exact) mass is 444 g/mol. The number of benzene rings is 2. The maximum atomic E-state index is 12.3. The highest BCUT2D eigenvalue weighted by Gasteiger charge is 2.32. The zero-order valence-corrected chi connectivity index (χ0v) is 18.1. The molecular formula is C21H21ClN4O3S. The van der Waals surface area contributed by atoms with Crippen LogP contribution in [-0.4, -0.2) is 34.6 Å². The lowest BCUT2D eigenvalue weighted by Crippen LogP contribution is -2.28. The number of carbonyl (C=O) groups excluding carboxylic acids is 2. The third kappa shape index (κ3) is 6.08. The Bertz CT molecular complexity index is 975. The van der Waals surface area contributed by atoms with E-state index in [2.05, 4.69) is 20.8 Å².